The summed E-state index contributed by atoms with van der Waals surface area (Å²) < 4.78 is 12.9. The minimum Gasteiger partial charge on any atom is -0.489 e. The number of carbonyl (C=O) groups is 1. The number of carbonyl (C=O) groups excluding carboxylic acids is 1. The predicted molar refractivity (Wildman–Crippen MR) is 131 cm³/mol. The molecule has 3 aromatic rings. The van der Waals surface area contributed by atoms with Crippen molar-refractivity contribution in [2.75, 3.05) is 12.4 Å². The number of aromatic nitrogens is 7. The molecule has 3 heterocycles. The van der Waals surface area contributed by atoms with Crippen LogP contribution in [0, 0.1) is 19.8 Å². The number of pyridine rings is 1. The summed E-state index contributed by atoms with van der Waals surface area (Å²) >= 11 is 0. The van der Waals surface area contributed by atoms with Crippen LogP contribution in [0.2, 0.25) is 0 Å². The van der Waals surface area contributed by atoms with E-state index in [0.29, 0.717) is 47.8 Å². The number of aryl methyl sites for hydroxylation is 3. The van der Waals surface area contributed by atoms with Crippen molar-refractivity contribution in [1.29, 1.82) is 0 Å². The van der Waals surface area contributed by atoms with Crippen molar-refractivity contribution in [2.45, 2.75) is 70.9 Å². The van der Waals surface area contributed by atoms with Crippen LogP contribution < -0.4 is 10.1 Å². The summed E-state index contributed by atoms with van der Waals surface area (Å²) in [6, 6.07) is 3.82. The van der Waals surface area contributed by atoms with E-state index in [2.05, 4.69) is 30.6 Å². The third-order valence-electron chi connectivity index (χ3n) is 6.80. The lowest BCUT2D eigenvalue weighted by Gasteiger charge is -2.28. The van der Waals surface area contributed by atoms with Crippen molar-refractivity contribution < 1.29 is 14.3 Å². The van der Waals surface area contributed by atoms with Crippen molar-refractivity contribution in [3.05, 3.63) is 35.2 Å². The molecule has 36 heavy (non-hydrogen) atoms. The van der Waals surface area contributed by atoms with E-state index in [1.807, 2.05) is 33.0 Å². The van der Waals surface area contributed by atoms with Gasteiger partial charge in [0.15, 0.2) is 0 Å². The van der Waals surface area contributed by atoms with Crippen LogP contribution in [0.3, 0.4) is 0 Å². The van der Waals surface area contributed by atoms with E-state index in [0.717, 1.165) is 49.3 Å². The molecule has 2 fully saturated rings. The molecule has 2 saturated carbocycles. The zero-order valence-electron chi connectivity index (χ0n) is 21.2. The fourth-order valence-electron chi connectivity index (χ4n) is 4.66. The molecule has 0 unspecified atom stereocenters. The Morgan fingerprint density at radius 2 is 1.94 bits per heavy atom. The average molecular weight is 493 g/mol. The number of esters is 1. The van der Waals surface area contributed by atoms with E-state index in [-0.39, 0.29) is 18.0 Å². The molecule has 2 atom stereocenters. The second-order valence-corrected chi connectivity index (χ2v) is 9.61. The summed E-state index contributed by atoms with van der Waals surface area (Å²) in [4.78, 5) is 30.2. The first-order valence-electron chi connectivity index (χ1n) is 12.5. The van der Waals surface area contributed by atoms with Crippen molar-refractivity contribution in [3.8, 4) is 17.1 Å². The van der Waals surface area contributed by atoms with Gasteiger partial charge in [-0.05, 0) is 64.5 Å². The van der Waals surface area contributed by atoms with Crippen LogP contribution >= 0.6 is 0 Å². The Morgan fingerprint density at radius 3 is 2.69 bits per heavy atom. The van der Waals surface area contributed by atoms with Crippen LogP contribution in [0.1, 0.15) is 67.5 Å². The molecule has 2 aliphatic rings. The Kier molecular flexibility index (Phi) is 6.80. The zero-order chi connectivity index (χ0) is 25.2. The van der Waals surface area contributed by atoms with Crippen LogP contribution in [0.5, 0.6) is 5.75 Å². The van der Waals surface area contributed by atoms with Crippen LogP contribution in [-0.2, 0) is 23.1 Å². The second-order valence-electron chi connectivity index (χ2n) is 9.61. The zero-order valence-corrected chi connectivity index (χ0v) is 21.2. The number of rotatable bonds is 8. The highest BCUT2D eigenvalue weighted by Gasteiger charge is 2.30. The van der Waals surface area contributed by atoms with Gasteiger partial charge in [0.1, 0.15) is 23.1 Å². The predicted octanol–water partition coefficient (Wildman–Crippen LogP) is 3.28. The van der Waals surface area contributed by atoms with Gasteiger partial charge in [0, 0.05) is 13.0 Å². The lowest BCUT2D eigenvalue weighted by atomic mass is 9.87. The number of hydrogen-bond donors (Lipinski definition) is 1. The molecule has 11 heteroatoms. The summed E-state index contributed by atoms with van der Waals surface area (Å²) in [6.45, 7) is 4.25. The summed E-state index contributed by atoms with van der Waals surface area (Å²) in [5.41, 5.74) is 3.04. The molecular formula is C25H32N8O3. The number of ether oxygens (including phenoxy) is 2. The highest BCUT2D eigenvalue weighted by molar-refractivity contribution is 5.72. The lowest BCUT2D eigenvalue weighted by Crippen LogP contribution is -2.30. The fourth-order valence-corrected chi connectivity index (χ4v) is 4.66. The summed E-state index contributed by atoms with van der Waals surface area (Å²) in [7, 11) is 3.29. The van der Waals surface area contributed by atoms with Gasteiger partial charge < -0.3 is 14.8 Å². The van der Waals surface area contributed by atoms with Crippen LogP contribution in [0.4, 0.5) is 5.95 Å². The van der Waals surface area contributed by atoms with Gasteiger partial charge in [-0.1, -0.05) is 5.21 Å². The summed E-state index contributed by atoms with van der Waals surface area (Å²) in [5.74, 6) is 3.03. The smallest absolute Gasteiger partial charge is 0.308 e. The molecule has 0 saturated heterocycles. The molecular weight excluding hydrogens is 460 g/mol. The van der Waals surface area contributed by atoms with Gasteiger partial charge in [-0.2, -0.15) is 9.97 Å². The van der Waals surface area contributed by atoms with Crippen LogP contribution in [-0.4, -0.2) is 54.1 Å². The molecule has 0 amide bonds. The minimum atomic E-state index is -0.159. The van der Waals surface area contributed by atoms with Gasteiger partial charge in [-0.15, -0.1) is 5.10 Å². The SMILES string of the molecule is COC(=O)[C@H]1CCC[C@H](Oc2ccc(-c3nnn(C)c3CNc3nc(C)nc(C4CC4)n3)nc2C)C1. The number of nitrogens with zero attached hydrogens (tertiary/aromatic N) is 7. The van der Waals surface area contributed by atoms with E-state index >= 15 is 0 Å². The highest BCUT2D eigenvalue weighted by Crippen LogP contribution is 2.38. The molecule has 0 spiro atoms. The Balaban J connectivity index is 1.29. The Labute approximate surface area is 210 Å². The fraction of sp³-hybridized carbons (Fsp3) is 0.560. The molecule has 5 rings (SSSR count). The third-order valence-corrected chi connectivity index (χ3v) is 6.80. The van der Waals surface area contributed by atoms with Gasteiger partial charge in [-0.25, -0.2) is 14.6 Å². The van der Waals surface area contributed by atoms with E-state index in [4.69, 9.17) is 14.5 Å². The van der Waals surface area contributed by atoms with Crippen LogP contribution in [0.15, 0.2) is 12.1 Å². The Hall–Kier alpha value is -3.63. The first-order chi connectivity index (χ1) is 17.4. The molecule has 3 aromatic heterocycles. The molecule has 1 N–H and O–H groups in total. The van der Waals surface area contributed by atoms with Gasteiger partial charge in [0.25, 0.3) is 0 Å². The Bertz CT molecular complexity index is 1260. The van der Waals surface area contributed by atoms with E-state index in [1.54, 1.807) is 4.68 Å². The first kappa shape index (κ1) is 24.1. The average Bonchev–Trinajstić information content (AvgIpc) is 3.66. The molecule has 2 aliphatic carbocycles. The van der Waals surface area contributed by atoms with Gasteiger partial charge in [0.05, 0.1) is 42.8 Å². The number of anilines is 1. The number of hydrogen-bond acceptors (Lipinski definition) is 10. The highest BCUT2D eigenvalue weighted by atomic mass is 16.5. The molecule has 0 aromatic carbocycles. The maximum Gasteiger partial charge on any atom is 0.308 e. The summed E-state index contributed by atoms with van der Waals surface area (Å²) in [5, 5.41) is 11.9. The second kappa shape index (κ2) is 10.2. The van der Waals surface area contributed by atoms with Crippen LogP contribution in [0.25, 0.3) is 11.4 Å². The van der Waals surface area contributed by atoms with Crippen molar-refractivity contribution in [2.24, 2.45) is 13.0 Å². The van der Waals surface area contributed by atoms with E-state index in [1.165, 1.54) is 7.11 Å². The van der Waals surface area contributed by atoms with Gasteiger partial charge in [0.2, 0.25) is 5.95 Å². The van der Waals surface area contributed by atoms with Gasteiger partial charge in [-0.3, -0.25) is 4.79 Å². The van der Waals surface area contributed by atoms with E-state index < -0.39 is 0 Å². The maximum absolute atomic E-state index is 12.0. The quantitative estimate of drug-likeness (QED) is 0.468. The number of methoxy groups -OCH3 is 1. The molecule has 190 valence electrons. The number of nitrogens with one attached hydrogen (secondary N) is 1. The van der Waals surface area contributed by atoms with Crippen molar-refractivity contribution in [3.63, 3.8) is 0 Å². The van der Waals surface area contributed by atoms with Crippen molar-refractivity contribution in [1.82, 2.24) is 34.9 Å². The minimum absolute atomic E-state index is 0.0326. The molecule has 0 bridgehead atoms. The van der Waals surface area contributed by atoms with E-state index in [9.17, 15) is 4.79 Å². The summed E-state index contributed by atoms with van der Waals surface area (Å²) in [6.07, 6.45) is 5.59. The first-order valence-corrected chi connectivity index (χ1v) is 12.5. The molecule has 0 radical (unpaired) electrons. The standard InChI is InChI=1S/C25H32N8O3/c1-14-21(36-18-7-5-6-17(12-18)24(34)35-4)11-10-19(27-14)22-20(33(3)32-31-22)13-26-25-29-15(2)28-23(30-25)16-8-9-16/h10-11,16-18H,5-9,12-13H2,1-4H3,(H,26,28,29,30)/t17-,18-/m0/s1. The molecule has 0 aliphatic heterocycles. The topological polar surface area (TPSA) is 130 Å². The van der Waals surface area contributed by atoms with Crippen molar-refractivity contribution >= 4 is 11.9 Å². The monoisotopic (exact) mass is 492 g/mol. The normalized spacial score (nSPS) is 19.7. The maximum atomic E-state index is 12.0. The third kappa shape index (κ3) is 5.29. The Morgan fingerprint density at radius 1 is 1.11 bits per heavy atom. The van der Waals surface area contributed by atoms with Gasteiger partial charge >= 0.3 is 5.97 Å². The lowest BCUT2D eigenvalue weighted by molar-refractivity contribution is -0.147. The largest absolute Gasteiger partial charge is 0.489 e. The molecule has 11 nitrogen and oxygen atoms in total.